The van der Waals surface area contributed by atoms with Gasteiger partial charge in [0.25, 0.3) is 0 Å². The number of halogens is 2. The van der Waals surface area contributed by atoms with E-state index in [1.54, 1.807) is 0 Å². The quantitative estimate of drug-likeness (QED) is 0.735. The molecule has 1 aliphatic rings. The summed E-state index contributed by atoms with van der Waals surface area (Å²) in [5.74, 6) is 0. The Balaban J connectivity index is 2.09. The van der Waals surface area contributed by atoms with Crippen LogP contribution in [0.1, 0.15) is 18.4 Å². The first-order chi connectivity index (χ1) is 6.24. The summed E-state index contributed by atoms with van der Waals surface area (Å²) >= 11 is 7.10. The molecule has 1 aromatic carbocycles. The molecule has 2 heteroatoms. The number of benzene rings is 1. The summed E-state index contributed by atoms with van der Waals surface area (Å²) < 4.78 is 1.19. The van der Waals surface area contributed by atoms with Gasteiger partial charge in [0.05, 0.1) is 0 Å². The predicted molar refractivity (Wildman–Crippen MR) is 63.3 cm³/mol. The number of hydrogen-bond donors (Lipinski definition) is 0. The molecule has 1 aliphatic carbocycles. The van der Waals surface area contributed by atoms with Crippen molar-refractivity contribution in [3.05, 3.63) is 34.3 Å². The molecule has 0 atom stereocenters. The molecule has 0 aliphatic heterocycles. The average molecular weight is 304 g/mol. The van der Waals surface area contributed by atoms with Gasteiger partial charge in [0, 0.05) is 9.80 Å². The van der Waals surface area contributed by atoms with Crippen LogP contribution in [-0.2, 0) is 6.42 Å². The van der Waals surface area contributed by atoms with Gasteiger partial charge < -0.3 is 0 Å². The maximum atomic E-state index is 3.60. The smallest absolute Gasteiger partial charge is 0.0177 e. The molecule has 0 saturated heterocycles. The highest BCUT2D eigenvalue weighted by Crippen LogP contribution is 2.49. The fourth-order valence-electron chi connectivity index (χ4n) is 1.61. The number of hydrogen-bond acceptors (Lipinski definition) is 0. The molecular weight excluding hydrogens is 292 g/mol. The van der Waals surface area contributed by atoms with E-state index in [4.69, 9.17) is 0 Å². The van der Waals surface area contributed by atoms with Crippen LogP contribution in [0.4, 0.5) is 0 Å². The Hall–Kier alpha value is 0.180. The minimum absolute atomic E-state index is 0.584. The van der Waals surface area contributed by atoms with Gasteiger partial charge in [0.1, 0.15) is 0 Å². The van der Waals surface area contributed by atoms with Gasteiger partial charge in [-0.2, -0.15) is 0 Å². The standard InChI is InChI=1S/C11H12Br2/c12-8-11(4-5-11)7-9-2-1-3-10(13)6-9/h1-3,6H,4-5,7-8H2. The third-order valence-electron chi connectivity index (χ3n) is 2.71. The molecular formula is C11H12Br2. The molecule has 0 heterocycles. The maximum Gasteiger partial charge on any atom is 0.0177 e. The number of rotatable bonds is 3. The average Bonchev–Trinajstić information content (AvgIpc) is 2.86. The van der Waals surface area contributed by atoms with Crippen LogP contribution >= 0.6 is 31.9 Å². The minimum Gasteiger partial charge on any atom is -0.0922 e. The Morgan fingerprint density at radius 1 is 1.31 bits per heavy atom. The zero-order valence-corrected chi connectivity index (χ0v) is 10.6. The maximum absolute atomic E-state index is 3.60. The summed E-state index contributed by atoms with van der Waals surface area (Å²) in [6.45, 7) is 0. The Morgan fingerprint density at radius 2 is 2.08 bits per heavy atom. The number of alkyl halides is 1. The van der Waals surface area contributed by atoms with Crippen molar-refractivity contribution in [3.63, 3.8) is 0 Å². The summed E-state index contributed by atoms with van der Waals surface area (Å²) in [5, 5.41) is 1.15. The fraction of sp³-hybridized carbons (Fsp3) is 0.455. The molecule has 1 saturated carbocycles. The lowest BCUT2D eigenvalue weighted by molar-refractivity contribution is 0.586. The van der Waals surface area contributed by atoms with Crippen molar-refractivity contribution in [2.24, 2.45) is 5.41 Å². The molecule has 0 radical (unpaired) electrons. The lowest BCUT2D eigenvalue weighted by atomic mass is 9.99. The molecule has 0 bridgehead atoms. The molecule has 0 N–H and O–H groups in total. The second-order valence-electron chi connectivity index (χ2n) is 3.94. The zero-order chi connectivity index (χ0) is 9.31. The van der Waals surface area contributed by atoms with Crippen molar-refractivity contribution in [1.82, 2.24) is 0 Å². The largest absolute Gasteiger partial charge is 0.0922 e. The summed E-state index contributed by atoms with van der Waals surface area (Å²) in [6, 6.07) is 8.64. The van der Waals surface area contributed by atoms with E-state index in [1.165, 1.54) is 29.3 Å². The van der Waals surface area contributed by atoms with Gasteiger partial charge in [-0.05, 0) is 42.4 Å². The first-order valence-electron chi connectivity index (χ1n) is 4.55. The Bertz CT molecular complexity index is 303. The molecule has 13 heavy (non-hydrogen) atoms. The zero-order valence-electron chi connectivity index (χ0n) is 7.39. The Labute approximate surface area is 96.0 Å². The van der Waals surface area contributed by atoms with Crippen molar-refractivity contribution in [2.75, 3.05) is 5.33 Å². The first kappa shape index (κ1) is 9.72. The Morgan fingerprint density at radius 3 is 2.62 bits per heavy atom. The van der Waals surface area contributed by atoms with Crippen LogP contribution in [0.2, 0.25) is 0 Å². The lowest BCUT2D eigenvalue weighted by Crippen LogP contribution is -2.05. The van der Waals surface area contributed by atoms with E-state index in [-0.39, 0.29) is 0 Å². The van der Waals surface area contributed by atoms with Gasteiger partial charge in [0.15, 0.2) is 0 Å². The first-order valence-corrected chi connectivity index (χ1v) is 6.46. The van der Waals surface area contributed by atoms with Crippen molar-refractivity contribution in [1.29, 1.82) is 0 Å². The molecule has 1 fully saturated rings. The topological polar surface area (TPSA) is 0 Å². The molecule has 0 amide bonds. The SMILES string of the molecule is BrCC1(Cc2cccc(Br)c2)CC1. The summed E-state index contributed by atoms with van der Waals surface area (Å²) in [6.07, 6.45) is 3.98. The van der Waals surface area contributed by atoms with Crippen LogP contribution in [-0.4, -0.2) is 5.33 Å². The van der Waals surface area contributed by atoms with Crippen LogP contribution in [0.3, 0.4) is 0 Å². The molecule has 0 nitrogen and oxygen atoms in total. The van der Waals surface area contributed by atoms with Crippen LogP contribution in [0.5, 0.6) is 0 Å². The van der Waals surface area contributed by atoms with Gasteiger partial charge >= 0.3 is 0 Å². The van der Waals surface area contributed by atoms with Gasteiger partial charge in [-0.3, -0.25) is 0 Å². The van der Waals surface area contributed by atoms with E-state index in [0.29, 0.717) is 5.41 Å². The highest BCUT2D eigenvalue weighted by atomic mass is 79.9. The fourth-order valence-corrected chi connectivity index (χ4v) is 2.82. The summed E-state index contributed by atoms with van der Waals surface area (Å²) in [5.41, 5.74) is 2.03. The van der Waals surface area contributed by atoms with Crippen molar-refractivity contribution >= 4 is 31.9 Å². The van der Waals surface area contributed by atoms with Crippen LogP contribution in [0.15, 0.2) is 28.7 Å². The predicted octanol–water partition coefficient (Wildman–Crippen LogP) is 4.17. The highest BCUT2D eigenvalue weighted by molar-refractivity contribution is 9.10. The van der Waals surface area contributed by atoms with Gasteiger partial charge in [-0.25, -0.2) is 0 Å². The van der Waals surface area contributed by atoms with E-state index in [9.17, 15) is 0 Å². The van der Waals surface area contributed by atoms with E-state index >= 15 is 0 Å². The van der Waals surface area contributed by atoms with Gasteiger partial charge in [0.2, 0.25) is 0 Å². The second kappa shape index (κ2) is 3.74. The van der Waals surface area contributed by atoms with E-state index in [2.05, 4.69) is 56.1 Å². The Kier molecular flexibility index (Phi) is 2.80. The van der Waals surface area contributed by atoms with Crippen molar-refractivity contribution in [3.8, 4) is 0 Å². The van der Waals surface area contributed by atoms with Gasteiger partial charge in [-0.1, -0.05) is 44.0 Å². The van der Waals surface area contributed by atoms with E-state index in [0.717, 1.165) is 5.33 Å². The monoisotopic (exact) mass is 302 g/mol. The lowest BCUT2D eigenvalue weighted by Gasteiger charge is -2.10. The molecule has 0 spiro atoms. The van der Waals surface area contributed by atoms with Crippen molar-refractivity contribution in [2.45, 2.75) is 19.3 Å². The molecule has 70 valence electrons. The molecule has 2 rings (SSSR count). The second-order valence-corrected chi connectivity index (χ2v) is 5.42. The minimum atomic E-state index is 0.584. The highest BCUT2D eigenvalue weighted by Gasteiger charge is 2.41. The van der Waals surface area contributed by atoms with E-state index < -0.39 is 0 Å². The van der Waals surface area contributed by atoms with Crippen molar-refractivity contribution < 1.29 is 0 Å². The van der Waals surface area contributed by atoms with Crippen LogP contribution in [0, 0.1) is 5.41 Å². The normalized spacial score (nSPS) is 18.6. The third-order valence-corrected chi connectivity index (χ3v) is 4.39. The summed E-state index contributed by atoms with van der Waals surface area (Å²) in [7, 11) is 0. The molecule has 0 aromatic heterocycles. The molecule has 1 aromatic rings. The van der Waals surface area contributed by atoms with Gasteiger partial charge in [-0.15, -0.1) is 0 Å². The van der Waals surface area contributed by atoms with Crippen LogP contribution in [0.25, 0.3) is 0 Å². The summed E-state index contributed by atoms with van der Waals surface area (Å²) in [4.78, 5) is 0. The molecule has 0 unspecified atom stereocenters. The van der Waals surface area contributed by atoms with Crippen LogP contribution < -0.4 is 0 Å². The van der Waals surface area contributed by atoms with E-state index in [1.807, 2.05) is 0 Å². The third kappa shape index (κ3) is 2.35.